The molecule has 2 atom stereocenters. The minimum Gasteiger partial charge on any atom is -0.486 e. The maximum atomic E-state index is 12.5. The number of piperidine rings is 1. The van der Waals surface area contributed by atoms with Crippen molar-refractivity contribution in [3.63, 3.8) is 0 Å². The zero-order valence-corrected chi connectivity index (χ0v) is 15.8. The number of nitrogens with one attached hydrogen (secondary N) is 1. The van der Waals surface area contributed by atoms with Crippen LogP contribution in [-0.2, 0) is 10.0 Å². The van der Waals surface area contributed by atoms with E-state index < -0.39 is 10.0 Å². The first-order chi connectivity index (χ1) is 11.9. The van der Waals surface area contributed by atoms with Gasteiger partial charge < -0.3 is 14.4 Å². The summed E-state index contributed by atoms with van der Waals surface area (Å²) >= 11 is 0. The van der Waals surface area contributed by atoms with Crippen molar-refractivity contribution < 1.29 is 17.9 Å². The molecule has 1 aromatic rings. The minimum atomic E-state index is -3.52. The second kappa shape index (κ2) is 7.93. The number of benzene rings is 1. The summed E-state index contributed by atoms with van der Waals surface area (Å²) in [6, 6.07) is 4.74. The van der Waals surface area contributed by atoms with E-state index in [9.17, 15) is 8.42 Å². The summed E-state index contributed by atoms with van der Waals surface area (Å²) < 4.78 is 38.5. The molecule has 3 rings (SSSR count). The molecule has 2 heterocycles. The Morgan fingerprint density at radius 3 is 2.52 bits per heavy atom. The van der Waals surface area contributed by atoms with E-state index in [-0.39, 0.29) is 4.90 Å². The highest BCUT2D eigenvalue weighted by molar-refractivity contribution is 7.89. The lowest BCUT2D eigenvalue weighted by molar-refractivity contribution is 0.140. The van der Waals surface area contributed by atoms with Gasteiger partial charge in [0.05, 0.1) is 4.90 Å². The van der Waals surface area contributed by atoms with Crippen molar-refractivity contribution in [1.29, 1.82) is 0 Å². The van der Waals surface area contributed by atoms with Crippen LogP contribution in [0, 0.1) is 11.8 Å². The van der Waals surface area contributed by atoms with Crippen molar-refractivity contribution in [2.45, 2.75) is 31.6 Å². The Labute approximate surface area is 150 Å². The third-order valence-corrected chi connectivity index (χ3v) is 6.17. The summed E-state index contributed by atoms with van der Waals surface area (Å²) in [7, 11) is -3.52. The normalized spacial score (nSPS) is 24.2. The van der Waals surface area contributed by atoms with Crippen LogP contribution < -0.4 is 14.2 Å². The molecule has 2 aliphatic rings. The smallest absolute Gasteiger partial charge is 0.240 e. The van der Waals surface area contributed by atoms with Crippen LogP contribution in [0.2, 0.25) is 0 Å². The highest BCUT2D eigenvalue weighted by Gasteiger charge is 2.22. The van der Waals surface area contributed by atoms with Gasteiger partial charge in [-0.1, -0.05) is 13.8 Å². The van der Waals surface area contributed by atoms with Gasteiger partial charge in [-0.3, -0.25) is 0 Å². The minimum absolute atomic E-state index is 0.219. The molecule has 25 heavy (non-hydrogen) atoms. The summed E-state index contributed by atoms with van der Waals surface area (Å²) in [4.78, 5) is 2.66. The van der Waals surface area contributed by atoms with Gasteiger partial charge in [-0.2, -0.15) is 0 Å². The Bertz CT molecular complexity index is 682. The second-order valence-corrected chi connectivity index (χ2v) is 9.03. The molecule has 1 fully saturated rings. The summed E-state index contributed by atoms with van der Waals surface area (Å²) in [6.45, 7) is 9.09. The maximum absolute atomic E-state index is 12.5. The van der Waals surface area contributed by atoms with Crippen LogP contribution >= 0.6 is 0 Å². The van der Waals surface area contributed by atoms with Gasteiger partial charge in [0, 0.05) is 25.7 Å². The zero-order valence-electron chi connectivity index (χ0n) is 15.0. The van der Waals surface area contributed by atoms with Crippen molar-refractivity contribution in [2.24, 2.45) is 11.8 Å². The quantitative estimate of drug-likeness (QED) is 0.779. The topological polar surface area (TPSA) is 67.9 Å². The van der Waals surface area contributed by atoms with E-state index in [2.05, 4.69) is 23.5 Å². The summed E-state index contributed by atoms with van der Waals surface area (Å²) in [5, 5.41) is 0. The number of hydrogen-bond acceptors (Lipinski definition) is 5. The zero-order chi connectivity index (χ0) is 17.9. The summed E-state index contributed by atoms with van der Waals surface area (Å²) in [5.74, 6) is 2.53. The van der Waals surface area contributed by atoms with Gasteiger partial charge in [0.2, 0.25) is 10.0 Å². The van der Waals surface area contributed by atoms with Crippen molar-refractivity contribution in [2.75, 3.05) is 39.4 Å². The van der Waals surface area contributed by atoms with E-state index in [0.717, 1.165) is 37.9 Å². The number of likely N-dealkylation sites (tertiary alicyclic amines) is 1. The predicted molar refractivity (Wildman–Crippen MR) is 96.6 cm³/mol. The van der Waals surface area contributed by atoms with Crippen LogP contribution in [0.4, 0.5) is 0 Å². The van der Waals surface area contributed by atoms with Crippen molar-refractivity contribution in [1.82, 2.24) is 9.62 Å². The molecule has 0 saturated carbocycles. The predicted octanol–water partition coefficient (Wildman–Crippen LogP) is 2.10. The SMILES string of the molecule is C[C@@H]1C[C@H](C)CN(CCCNS(=O)(=O)c2ccc3c(c2)OCCO3)C1. The number of ether oxygens (including phenoxy) is 2. The lowest BCUT2D eigenvalue weighted by Crippen LogP contribution is -2.40. The molecule has 0 amide bonds. The standard InChI is InChI=1S/C18H28N2O4S/c1-14-10-15(2)13-20(12-14)7-3-6-19-25(21,22)16-4-5-17-18(11-16)24-9-8-23-17/h4-5,11,14-15,19H,3,6-10,12-13H2,1-2H3/t14-,15+. The molecule has 0 aliphatic carbocycles. The maximum Gasteiger partial charge on any atom is 0.240 e. The van der Waals surface area contributed by atoms with Crippen molar-refractivity contribution in [3.8, 4) is 11.5 Å². The molecule has 0 spiro atoms. The molecule has 1 N–H and O–H groups in total. The molecule has 0 bridgehead atoms. The lowest BCUT2D eigenvalue weighted by Gasteiger charge is -2.34. The fraction of sp³-hybridized carbons (Fsp3) is 0.667. The Hall–Kier alpha value is -1.31. The van der Waals surface area contributed by atoms with Gasteiger partial charge >= 0.3 is 0 Å². The van der Waals surface area contributed by atoms with Crippen molar-refractivity contribution >= 4 is 10.0 Å². The number of hydrogen-bond donors (Lipinski definition) is 1. The average Bonchev–Trinajstić information content (AvgIpc) is 2.57. The fourth-order valence-electron chi connectivity index (χ4n) is 3.76. The van der Waals surface area contributed by atoms with Gasteiger partial charge in [-0.05, 0) is 43.4 Å². The monoisotopic (exact) mass is 368 g/mol. The Kier molecular flexibility index (Phi) is 5.86. The van der Waals surface area contributed by atoms with E-state index in [1.54, 1.807) is 12.1 Å². The first kappa shape index (κ1) is 18.5. The average molecular weight is 368 g/mol. The Morgan fingerprint density at radius 1 is 1.12 bits per heavy atom. The molecule has 0 unspecified atom stereocenters. The number of nitrogens with zero attached hydrogens (tertiary/aromatic N) is 1. The molecular weight excluding hydrogens is 340 g/mol. The molecule has 2 aliphatic heterocycles. The lowest BCUT2D eigenvalue weighted by atomic mass is 9.92. The Morgan fingerprint density at radius 2 is 1.80 bits per heavy atom. The van der Waals surface area contributed by atoms with Crippen molar-refractivity contribution in [3.05, 3.63) is 18.2 Å². The Balaban J connectivity index is 1.50. The molecule has 0 aromatic heterocycles. The van der Waals surface area contributed by atoms with Gasteiger partial charge in [-0.15, -0.1) is 0 Å². The molecule has 6 nitrogen and oxygen atoms in total. The van der Waals surface area contributed by atoms with Gasteiger partial charge in [0.25, 0.3) is 0 Å². The van der Waals surface area contributed by atoms with Gasteiger partial charge in [-0.25, -0.2) is 13.1 Å². The molecule has 7 heteroatoms. The van der Waals surface area contributed by atoms with Crippen LogP contribution in [0.15, 0.2) is 23.1 Å². The number of sulfonamides is 1. The van der Waals surface area contributed by atoms with Crippen LogP contribution in [-0.4, -0.2) is 52.7 Å². The summed E-state index contributed by atoms with van der Waals surface area (Å²) in [6.07, 6.45) is 2.09. The van der Waals surface area contributed by atoms with Gasteiger partial charge in [0.1, 0.15) is 13.2 Å². The van der Waals surface area contributed by atoms with E-state index in [0.29, 0.717) is 31.3 Å². The second-order valence-electron chi connectivity index (χ2n) is 7.26. The largest absolute Gasteiger partial charge is 0.486 e. The third kappa shape index (κ3) is 4.86. The summed E-state index contributed by atoms with van der Waals surface area (Å²) in [5.41, 5.74) is 0. The first-order valence-corrected chi connectivity index (χ1v) is 10.5. The van der Waals surface area contributed by atoms with E-state index in [4.69, 9.17) is 9.47 Å². The highest BCUT2D eigenvalue weighted by Crippen LogP contribution is 2.32. The molecule has 1 saturated heterocycles. The van der Waals surface area contributed by atoms with E-state index in [1.165, 1.54) is 12.5 Å². The molecule has 1 aromatic carbocycles. The van der Waals surface area contributed by atoms with Crippen LogP contribution in [0.25, 0.3) is 0 Å². The third-order valence-electron chi connectivity index (χ3n) is 4.71. The highest BCUT2D eigenvalue weighted by atomic mass is 32.2. The molecular formula is C18H28N2O4S. The number of rotatable bonds is 6. The van der Waals surface area contributed by atoms with E-state index in [1.807, 2.05) is 0 Å². The first-order valence-electron chi connectivity index (χ1n) is 9.06. The van der Waals surface area contributed by atoms with E-state index >= 15 is 0 Å². The molecule has 0 radical (unpaired) electrons. The van der Waals surface area contributed by atoms with Gasteiger partial charge in [0.15, 0.2) is 11.5 Å². The van der Waals surface area contributed by atoms with Crippen LogP contribution in [0.1, 0.15) is 26.7 Å². The fourth-order valence-corrected chi connectivity index (χ4v) is 4.85. The van der Waals surface area contributed by atoms with Crippen LogP contribution in [0.5, 0.6) is 11.5 Å². The molecule has 140 valence electrons. The van der Waals surface area contributed by atoms with Crippen LogP contribution in [0.3, 0.4) is 0 Å². The number of fused-ring (bicyclic) bond motifs is 1.